The van der Waals surface area contributed by atoms with Gasteiger partial charge in [-0.25, -0.2) is 4.79 Å². The molecule has 0 radical (unpaired) electrons. The fourth-order valence-electron chi connectivity index (χ4n) is 1.21. The van der Waals surface area contributed by atoms with Crippen molar-refractivity contribution in [1.29, 1.82) is 0 Å². The van der Waals surface area contributed by atoms with E-state index < -0.39 is 6.09 Å². The highest BCUT2D eigenvalue weighted by atomic mass is 16.4. The molecule has 80 valence electrons. The number of amides is 1. The fourth-order valence-corrected chi connectivity index (χ4v) is 1.21. The average molecular weight is 207 g/mol. The van der Waals surface area contributed by atoms with Crippen LogP contribution in [0.4, 0.5) is 10.5 Å². The van der Waals surface area contributed by atoms with Crippen LogP contribution in [0.15, 0.2) is 30.3 Å². The largest absolute Gasteiger partial charge is 0.465 e. The SMILES string of the molecule is CC(=O)CCN(C(=O)O)c1ccccc1. The zero-order chi connectivity index (χ0) is 11.3. The summed E-state index contributed by atoms with van der Waals surface area (Å²) in [5, 5.41) is 8.95. The third kappa shape index (κ3) is 3.42. The van der Waals surface area contributed by atoms with Crippen LogP contribution < -0.4 is 4.90 Å². The number of nitrogens with zero attached hydrogens (tertiary/aromatic N) is 1. The van der Waals surface area contributed by atoms with Crippen molar-refractivity contribution in [2.45, 2.75) is 13.3 Å². The second-order valence-electron chi connectivity index (χ2n) is 3.22. The molecular formula is C11H13NO3. The number of rotatable bonds is 4. The van der Waals surface area contributed by atoms with Gasteiger partial charge in [0, 0.05) is 18.7 Å². The molecule has 15 heavy (non-hydrogen) atoms. The zero-order valence-electron chi connectivity index (χ0n) is 8.51. The van der Waals surface area contributed by atoms with Crippen LogP contribution in [0.2, 0.25) is 0 Å². The molecule has 1 aromatic carbocycles. The molecule has 0 aliphatic heterocycles. The van der Waals surface area contributed by atoms with E-state index >= 15 is 0 Å². The van der Waals surface area contributed by atoms with E-state index in [9.17, 15) is 9.59 Å². The molecule has 0 saturated carbocycles. The zero-order valence-corrected chi connectivity index (χ0v) is 8.51. The van der Waals surface area contributed by atoms with Crippen LogP contribution in [0, 0.1) is 0 Å². The molecule has 0 fully saturated rings. The first-order chi connectivity index (χ1) is 7.11. The van der Waals surface area contributed by atoms with Crippen molar-refractivity contribution in [2.75, 3.05) is 11.4 Å². The minimum atomic E-state index is -1.04. The Kier molecular flexibility index (Phi) is 3.85. The highest BCUT2D eigenvalue weighted by Gasteiger charge is 2.13. The molecule has 0 aliphatic rings. The van der Waals surface area contributed by atoms with Gasteiger partial charge in [-0.2, -0.15) is 0 Å². The van der Waals surface area contributed by atoms with Crippen molar-refractivity contribution in [1.82, 2.24) is 0 Å². The summed E-state index contributed by atoms with van der Waals surface area (Å²) in [7, 11) is 0. The van der Waals surface area contributed by atoms with Gasteiger partial charge in [0.15, 0.2) is 0 Å². The first-order valence-electron chi connectivity index (χ1n) is 4.66. The predicted molar refractivity (Wildman–Crippen MR) is 57.1 cm³/mol. The fraction of sp³-hybridized carbons (Fsp3) is 0.273. The van der Waals surface area contributed by atoms with E-state index in [1.807, 2.05) is 6.07 Å². The van der Waals surface area contributed by atoms with Gasteiger partial charge in [0.25, 0.3) is 0 Å². The van der Waals surface area contributed by atoms with Crippen LogP contribution in [-0.2, 0) is 4.79 Å². The van der Waals surface area contributed by atoms with Crippen molar-refractivity contribution < 1.29 is 14.7 Å². The Hall–Kier alpha value is -1.84. The Morgan fingerprint density at radius 2 is 1.87 bits per heavy atom. The molecule has 0 aliphatic carbocycles. The molecule has 1 amide bonds. The van der Waals surface area contributed by atoms with E-state index in [1.54, 1.807) is 24.3 Å². The van der Waals surface area contributed by atoms with Crippen molar-refractivity contribution in [2.24, 2.45) is 0 Å². The van der Waals surface area contributed by atoms with Gasteiger partial charge in [-0.15, -0.1) is 0 Å². The minimum absolute atomic E-state index is 0.0165. The molecule has 4 nitrogen and oxygen atoms in total. The lowest BCUT2D eigenvalue weighted by atomic mass is 10.2. The number of carboxylic acid groups (broad SMARTS) is 1. The second kappa shape index (κ2) is 5.14. The molecule has 0 atom stereocenters. The third-order valence-corrected chi connectivity index (χ3v) is 1.99. The van der Waals surface area contributed by atoms with E-state index in [1.165, 1.54) is 11.8 Å². The molecule has 0 unspecified atom stereocenters. The van der Waals surface area contributed by atoms with E-state index in [4.69, 9.17) is 5.11 Å². The Morgan fingerprint density at radius 1 is 1.27 bits per heavy atom. The molecule has 4 heteroatoms. The lowest BCUT2D eigenvalue weighted by molar-refractivity contribution is -0.116. The number of hydrogen-bond donors (Lipinski definition) is 1. The summed E-state index contributed by atoms with van der Waals surface area (Å²) < 4.78 is 0. The first-order valence-corrected chi connectivity index (χ1v) is 4.66. The number of Topliss-reactive ketones (excluding diaryl/α,β-unsaturated/α-hetero) is 1. The Bertz CT molecular complexity index is 348. The molecule has 0 bridgehead atoms. The highest BCUT2D eigenvalue weighted by molar-refractivity contribution is 5.87. The van der Waals surface area contributed by atoms with E-state index in [-0.39, 0.29) is 18.7 Å². The normalized spacial score (nSPS) is 9.67. The number of carbonyl (C=O) groups is 2. The summed E-state index contributed by atoms with van der Waals surface area (Å²) in [6.07, 6.45) is -0.802. The predicted octanol–water partition coefficient (Wildman–Crippen LogP) is 2.15. The monoisotopic (exact) mass is 207 g/mol. The summed E-state index contributed by atoms with van der Waals surface area (Å²) in [5.41, 5.74) is 0.589. The first kappa shape index (κ1) is 11.2. The van der Waals surface area contributed by atoms with E-state index in [0.717, 1.165) is 0 Å². The van der Waals surface area contributed by atoms with Crippen LogP contribution in [0.1, 0.15) is 13.3 Å². The molecule has 0 spiro atoms. The number of ketones is 1. The van der Waals surface area contributed by atoms with Crippen molar-refractivity contribution in [3.63, 3.8) is 0 Å². The highest BCUT2D eigenvalue weighted by Crippen LogP contribution is 2.13. The van der Waals surface area contributed by atoms with Gasteiger partial charge >= 0.3 is 6.09 Å². The maximum atomic E-state index is 10.9. The molecule has 0 saturated heterocycles. The molecule has 1 rings (SSSR count). The minimum Gasteiger partial charge on any atom is -0.465 e. The van der Waals surface area contributed by atoms with Gasteiger partial charge in [0.1, 0.15) is 5.78 Å². The van der Waals surface area contributed by atoms with Gasteiger partial charge in [0.05, 0.1) is 0 Å². The quantitative estimate of drug-likeness (QED) is 0.822. The second-order valence-corrected chi connectivity index (χ2v) is 3.22. The van der Waals surface area contributed by atoms with Crippen LogP contribution in [0.3, 0.4) is 0 Å². The van der Waals surface area contributed by atoms with Crippen LogP contribution in [-0.4, -0.2) is 23.5 Å². The van der Waals surface area contributed by atoms with Crippen molar-refractivity contribution in [3.05, 3.63) is 30.3 Å². The lowest BCUT2D eigenvalue weighted by Crippen LogP contribution is -2.31. The summed E-state index contributed by atoms with van der Waals surface area (Å²) >= 11 is 0. The Morgan fingerprint density at radius 3 is 2.33 bits per heavy atom. The van der Waals surface area contributed by atoms with Gasteiger partial charge < -0.3 is 5.11 Å². The van der Waals surface area contributed by atoms with Gasteiger partial charge in [-0.1, -0.05) is 18.2 Å². The molecular weight excluding hydrogens is 194 g/mol. The maximum absolute atomic E-state index is 10.9. The third-order valence-electron chi connectivity index (χ3n) is 1.99. The Labute approximate surface area is 88.1 Å². The number of para-hydroxylation sites is 1. The number of carbonyl (C=O) groups excluding carboxylic acids is 1. The van der Waals surface area contributed by atoms with Crippen molar-refractivity contribution >= 4 is 17.6 Å². The lowest BCUT2D eigenvalue weighted by Gasteiger charge is -2.18. The van der Waals surface area contributed by atoms with Gasteiger partial charge in [0.2, 0.25) is 0 Å². The summed E-state index contributed by atoms with van der Waals surface area (Å²) in [6, 6.07) is 8.75. The molecule has 1 N–H and O–H groups in total. The Balaban J connectivity index is 2.75. The van der Waals surface area contributed by atoms with Crippen LogP contribution in [0.5, 0.6) is 0 Å². The van der Waals surface area contributed by atoms with E-state index in [2.05, 4.69) is 0 Å². The van der Waals surface area contributed by atoms with Crippen LogP contribution >= 0.6 is 0 Å². The maximum Gasteiger partial charge on any atom is 0.411 e. The average Bonchev–Trinajstić information content (AvgIpc) is 2.18. The summed E-state index contributed by atoms with van der Waals surface area (Å²) in [4.78, 5) is 22.9. The standard InChI is InChI=1S/C11H13NO3/c1-9(13)7-8-12(11(14)15)10-5-3-2-4-6-10/h2-6H,7-8H2,1H3,(H,14,15). The molecule has 0 heterocycles. The topological polar surface area (TPSA) is 57.6 Å². The van der Waals surface area contributed by atoms with Crippen molar-refractivity contribution in [3.8, 4) is 0 Å². The molecule has 1 aromatic rings. The summed E-state index contributed by atoms with van der Waals surface area (Å²) in [6.45, 7) is 1.65. The van der Waals surface area contributed by atoms with Gasteiger partial charge in [-0.05, 0) is 19.1 Å². The summed E-state index contributed by atoms with van der Waals surface area (Å²) in [5.74, 6) is -0.0165. The smallest absolute Gasteiger partial charge is 0.411 e. The van der Waals surface area contributed by atoms with Gasteiger partial charge in [-0.3, -0.25) is 9.69 Å². The number of anilines is 1. The van der Waals surface area contributed by atoms with E-state index in [0.29, 0.717) is 5.69 Å². The van der Waals surface area contributed by atoms with Crippen LogP contribution in [0.25, 0.3) is 0 Å². The number of hydrogen-bond acceptors (Lipinski definition) is 2. The number of benzene rings is 1. The molecule has 0 aromatic heterocycles.